The number of carbonyl (C=O) groups excluding carboxylic acids is 2. The molecule has 0 aliphatic carbocycles. The average Bonchev–Trinajstić information content (AvgIpc) is 2.74. The van der Waals surface area contributed by atoms with E-state index in [2.05, 4.69) is 0 Å². The second-order valence-corrected chi connectivity index (χ2v) is 6.15. The van der Waals surface area contributed by atoms with Crippen molar-refractivity contribution in [2.75, 3.05) is 13.1 Å². The molecular weight excluding hydrogens is 278 g/mol. The SMILES string of the molecule is C[C@H](O[C@H]1CCN(C(=O)O)C1)C(=O)CC(=O)OC(C)(C)C. The number of esters is 1. The molecule has 7 heteroatoms. The van der Waals surface area contributed by atoms with E-state index in [0.29, 0.717) is 13.0 Å². The van der Waals surface area contributed by atoms with Crippen LogP contribution < -0.4 is 0 Å². The van der Waals surface area contributed by atoms with Gasteiger partial charge < -0.3 is 19.5 Å². The lowest BCUT2D eigenvalue weighted by Gasteiger charge is -2.21. The molecule has 1 heterocycles. The molecule has 1 rings (SSSR count). The molecule has 0 aromatic heterocycles. The highest BCUT2D eigenvalue weighted by atomic mass is 16.6. The molecule has 0 saturated carbocycles. The number of nitrogens with zero attached hydrogens (tertiary/aromatic N) is 1. The molecule has 1 aliphatic rings. The zero-order chi connectivity index (χ0) is 16.2. The Kier molecular flexibility index (Phi) is 5.71. The van der Waals surface area contributed by atoms with Crippen LogP contribution in [0, 0.1) is 0 Å². The Balaban J connectivity index is 2.38. The van der Waals surface area contributed by atoms with Gasteiger partial charge in [0.2, 0.25) is 0 Å². The van der Waals surface area contributed by atoms with Crippen molar-refractivity contribution in [1.29, 1.82) is 0 Å². The molecule has 0 aromatic carbocycles. The smallest absolute Gasteiger partial charge is 0.407 e. The summed E-state index contributed by atoms with van der Waals surface area (Å²) in [5.41, 5.74) is -0.630. The molecule has 0 spiro atoms. The molecule has 0 bridgehead atoms. The van der Waals surface area contributed by atoms with E-state index in [-0.39, 0.29) is 24.9 Å². The van der Waals surface area contributed by atoms with E-state index in [1.54, 1.807) is 27.7 Å². The van der Waals surface area contributed by atoms with E-state index in [1.807, 2.05) is 0 Å². The maximum absolute atomic E-state index is 11.9. The first kappa shape index (κ1) is 17.4. The van der Waals surface area contributed by atoms with Crippen molar-refractivity contribution in [1.82, 2.24) is 4.90 Å². The van der Waals surface area contributed by atoms with E-state index >= 15 is 0 Å². The van der Waals surface area contributed by atoms with Crippen molar-refractivity contribution in [3.8, 4) is 0 Å². The predicted octanol–water partition coefficient (Wildman–Crippen LogP) is 1.44. The Morgan fingerprint density at radius 1 is 1.33 bits per heavy atom. The van der Waals surface area contributed by atoms with Gasteiger partial charge in [0.1, 0.15) is 18.1 Å². The number of hydrogen-bond acceptors (Lipinski definition) is 5. The van der Waals surface area contributed by atoms with Crippen molar-refractivity contribution in [3.05, 3.63) is 0 Å². The molecule has 1 fully saturated rings. The van der Waals surface area contributed by atoms with Gasteiger partial charge >= 0.3 is 12.1 Å². The van der Waals surface area contributed by atoms with Crippen molar-refractivity contribution < 1.29 is 29.0 Å². The average molecular weight is 301 g/mol. The second-order valence-electron chi connectivity index (χ2n) is 6.15. The third-order valence-electron chi connectivity index (χ3n) is 3.00. The first-order chi connectivity index (χ1) is 9.58. The number of Topliss-reactive ketones (excluding diaryl/α,β-unsaturated/α-hetero) is 1. The highest BCUT2D eigenvalue weighted by Crippen LogP contribution is 2.16. The number of ketones is 1. The van der Waals surface area contributed by atoms with Gasteiger partial charge in [0.05, 0.1) is 12.6 Å². The van der Waals surface area contributed by atoms with Crippen LogP contribution in [0.2, 0.25) is 0 Å². The lowest BCUT2D eigenvalue weighted by Crippen LogP contribution is -2.33. The lowest BCUT2D eigenvalue weighted by atomic mass is 10.1. The fraction of sp³-hybridized carbons (Fsp3) is 0.786. The highest BCUT2D eigenvalue weighted by molar-refractivity contribution is 5.97. The summed E-state index contributed by atoms with van der Waals surface area (Å²) in [4.78, 5) is 35.5. The molecule has 21 heavy (non-hydrogen) atoms. The van der Waals surface area contributed by atoms with Gasteiger partial charge in [0.25, 0.3) is 0 Å². The van der Waals surface area contributed by atoms with E-state index in [9.17, 15) is 14.4 Å². The summed E-state index contributed by atoms with van der Waals surface area (Å²) in [5, 5.41) is 8.84. The Labute approximate surface area is 124 Å². The summed E-state index contributed by atoms with van der Waals surface area (Å²) >= 11 is 0. The zero-order valence-electron chi connectivity index (χ0n) is 12.9. The fourth-order valence-corrected chi connectivity index (χ4v) is 2.04. The van der Waals surface area contributed by atoms with Crippen LogP contribution in [0.5, 0.6) is 0 Å². The largest absolute Gasteiger partial charge is 0.465 e. The number of hydrogen-bond donors (Lipinski definition) is 1. The molecule has 2 atom stereocenters. The van der Waals surface area contributed by atoms with Gasteiger partial charge in [-0.3, -0.25) is 9.59 Å². The van der Waals surface area contributed by atoms with Crippen LogP contribution in [0.4, 0.5) is 4.79 Å². The molecule has 120 valence electrons. The van der Waals surface area contributed by atoms with Gasteiger partial charge in [-0.25, -0.2) is 4.79 Å². The monoisotopic (exact) mass is 301 g/mol. The van der Waals surface area contributed by atoms with Crippen LogP contribution in [-0.4, -0.2) is 58.8 Å². The number of rotatable bonds is 5. The first-order valence-corrected chi connectivity index (χ1v) is 6.96. The number of amides is 1. The number of likely N-dealkylation sites (tertiary alicyclic amines) is 1. The number of ether oxygens (including phenoxy) is 2. The van der Waals surface area contributed by atoms with Crippen LogP contribution in [0.15, 0.2) is 0 Å². The van der Waals surface area contributed by atoms with Crippen molar-refractivity contribution in [2.45, 2.75) is 58.3 Å². The van der Waals surface area contributed by atoms with Gasteiger partial charge in [-0.05, 0) is 34.1 Å². The third-order valence-corrected chi connectivity index (χ3v) is 3.00. The summed E-state index contributed by atoms with van der Waals surface area (Å²) in [5.74, 6) is -0.945. The summed E-state index contributed by atoms with van der Waals surface area (Å²) < 4.78 is 10.6. The van der Waals surface area contributed by atoms with Crippen molar-refractivity contribution in [3.63, 3.8) is 0 Å². The van der Waals surface area contributed by atoms with E-state index in [0.717, 1.165) is 0 Å². The van der Waals surface area contributed by atoms with E-state index in [1.165, 1.54) is 4.90 Å². The standard InChI is InChI=1S/C14H23NO6/c1-9(11(16)7-12(17)21-14(2,3)4)20-10-5-6-15(8-10)13(18)19/h9-10H,5-8H2,1-4H3,(H,18,19)/t9-,10-/m0/s1. The molecule has 1 saturated heterocycles. The molecule has 1 aliphatic heterocycles. The Hall–Kier alpha value is -1.63. The number of carboxylic acid groups (broad SMARTS) is 1. The van der Waals surface area contributed by atoms with Gasteiger partial charge in [-0.15, -0.1) is 0 Å². The normalized spacial score (nSPS) is 20.2. The van der Waals surface area contributed by atoms with Gasteiger partial charge in [-0.1, -0.05) is 0 Å². The first-order valence-electron chi connectivity index (χ1n) is 6.96. The predicted molar refractivity (Wildman–Crippen MR) is 74.0 cm³/mol. The van der Waals surface area contributed by atoms with E-state index < -0.39 is 23.8 Å². The number of carbonyl (C=O) groups is 3. The lowest BCUT2D eigenvalue weighted by molar-refractivity contribution is -0.158. The fourth-order valence-electron chi connectivity index (χ4n) is 2.04. The summed E-state index contributed by atoms with van der Waals surface area (Å²) in [6.07, 6.45) is -1.84. The summed E-state index contributed by atoms with van der Waals surface area (Å²) in [6.45, 7) is 7.40. The van der Waals surface area contributed by atoms with Crippen LogP contribution in [0.1, 0.15) is 40.5 Å². The minimum absolute atomic E-state index is 0.249. The summed E-state index contributed by atoms with van der Waals surface area (Å²) in [6, 6.07) is 0. The highest BCUT2D eigenvalue weighted by Gasteiger charge is 2.30. The second kappa shape index (κ2) is 6.89. The summed E-state index contributed by atoms with van der Waals surface area (Å²) in [7, 11) is 0. The molecule has 0 unspecified atom stereocenters. The molecule has 1 amide bonds. The van der Waals surface area contributed by atoms with Gasteiger partial charge in [0.15, 0.2) is 5.78 Å². The van der Waals surface area contributed by atoms with Crippen LogP contribution in [0.25, 0.3) is 0 Å². The van der Waals surface area contributed by atoms with Gasteiger partial charge in [-0.2, -0.15) is 0 Å². The topological polar surface area (TPSA) is 93.1 Å². The van der Waals surface area contributed by atoms with E-state index in [4.69, 9.17) is 14.6 Å². The Morgan fingerprint density at radius 3 is 2.43 bits per heavy atom. The quantitative estimate of drug-likeness (QED) is 0.610. The minimum Gasteiger partial charge on any atom is -0.465 e. The molecular formula is C14H23NO6. The third kappa shape index (κ3) is 6.12. The van der Waals surface area contributed by atoms with Crippen molar-refractivity contribution >= 4 is 17.8 Å². The van der Waals surface area contributed by atoms with Crippen LogP contribution >= 0.6 is 0 Å². The molecule has 0 radical (unpaired) electrons. The van der Waals surface area contributed by atoms with Crippen molar-refractivity contribution in [2.24, 2.45) is 0 Å². The van der Waals surface area contributed by atoms with Crippen LogP contribution in [0.3, 0.4) is 0 Å². The molecule has 7 nitrogen and oxygen atoms in total. The maximum Gasteiger partial charge on any atom is 0.407 e. The Bertz CT molecular complexity index is 414. The minimum atomic E-state index is -0.992. The zero-order valence-corrected chi connectivity index (χ0v) is 12.9. The van der Waals surface area contributed by atoms with Gasteiger partial charge in [0, 0.05) is 6.54 Å². The molecule has 0 aromatic rings. The maximum atomic E-state index is 11.9. The van der Waals surface area contributed by atoms with Crippen LogP contribution in [-0.2, 0) is 19.1 Å². The molecule has 1 N–H and O–H groups in total. The Morgan fingerprint density at radius 2 is 1.95 bits per heavy atom.